The Balaban J connectivity index is 0.00000288. The Kier molecular flexibility index (Phi) is 6.93. The van der Waals surface area contributed by atoms with Gasteiger partial charge in [-0.3, -0.25) is 24.6 Å². The molecule has 10 heteroatoms. The van der Waals surface area contributed by atoms with Crippen LogP contribution in [-0.2, 0) is 9.59 Å². The van der Waals surface area contributed by atoms with Gasteiger partial charge in [0.15, 0.2) is 6.61 Å². The first-order valence-corrected chi connectivity index (χ1v) is 7.04. The standard InChI is InChI=1S/C14H18N4O5.ClH/c1-15-5-6-16(2)13(19)8-17-11-7-10(18(21)22)3-4-12(11)23-9-14(17)20;/h3-4,7,15H,5-6,8-9H2,1-2H3;1H. The molecule has 0 bridgehead atoms. The largest absolute Gasteiger partial charge is 0.482 e. The molecular weight excluding hydrogens is 340 g/mol. The summed E-state index contributed by atoms with van der Waals surface area (Å²) in [6.07, 6.45) is 0. The first-order chi connectivity index (χ1) is 10.9. The van der Waals surface area contributed by atoms with Gasteiger partial charge in [-0.1, -0.05) is 0 Å². The molecule has 9 nitrogen and oxygen atoms in total. The second-order valence-corrected chi connectivity index (χ2v) is 5.10. The maximum atomic E-state index is 12.2. The Morgan fingerprint density at radius 3 is 2.83 bits per heavy atom. The molecule has 0 aliphatic carbocycles. The van der Waals surface area contributed by atoms with E-state index in [1.165, 1.54) is 28.0 Å². The van der Waals surface area contributed by atoms with Gasteiger partial charge in [-0.15, -0.1) is 12.4 Å². The third kappa shape index (κ3) is 4.33. The van der Waals surface area contributed by atoms with E-state index in [-0.39, 0.29) is 42.8 Å². The van der Waals surface area contributed by atoms with Crippen molar-refractivity contribution in [1.82, 2.24) is 10.2 Å². The van der Waals surface area contributed by atoms with Gasteiger partial charge in [0.25, 0.3) is 11.6 Å². The first kappa shape index (κ1) is 19.7. The molecule has 0 fully saturated rings. The summed E-state index contributed by atoms with van der Waals surface area (Å²) in [6.45, 7) is 0.742. The molecule has 2 amide bonds. The summed E-state index contributed by atoms with van der Waals surface area (Å²) in [4.78, 5) is 37.3. The van der Waals surface area contributed by atoms with Crippen LogP contribution in [0.15, 0.2) is 18.2 Å². The van der Waals surface area contributed by atoms with Crippen LogP contribution in [0.5, 0.6) is 5.75 Å². The van der Waals surface area contributed by atoms with Crippen LogP contribution in [0.4, 0.5) is 11.4 Å². The fourth-order valence-corrected chi connectivity index (χ4v) is 2.14. The van der Waals surface area contributed by atoms with E-state index in [4.69, 9.17) is 4.74 Å². The molecule has 1 aromatic carbocycles. The molecule has 0 spiro atoms. The fraction of sp³-hybridized carbons (Fsp3) is 0.429. The van der Waals surface area contributed by atoms with Gasteiger partial charge in [0, 0.05) is 32.3 Å². The van der Waals surface area contributed by atoms with Crippen LogP contribution in [0, 0.1) is 10.1 Å². The lowest BCUT2D eigenvalue weighted by Crippen LogP contribution is -2.46. The van der Waals surface area contributed by atoms with E-state index < -0.39 is 10.8 Å². The van der Waals surface area contributed by atoms with Gasteiger partial charge in [0.05, 0.1) is 10.6 Å². The van der Waals surface area contributed by atoms with Crippen molar-refractivity contribution in [1.29, 1.82) is 0 Å². The van der Waals surface area contributed by atoms with Gasteiger partial charge in [-0.25, -0.2) is 0 Å². The Morgan fingerprint density at radius 2 is 2.21 bits per heavy atom. The number of likely N-dealkylation sites (N-methyl/N-ethyl adjacent to an activating group) is 2. The zero-order valence-corrected chi connectivity index (χ0v) is 14.2. The summed E-state index contributed by atoms with van der Waals surface area (Å²) in [5, 5.41) is 13.8. The van der Waals surface area contributed by atoms with Gasteiger partial charge < -0.3 is 15.0 Å². The topological polar surface area (TPSA) is 105 Å². The van der Waals surface area contributed by atoms with E-state index >= 15 is 0 Å². The molecule has 2 rings (SSSR count). The monoisotopic (exact) mass is 358 g/mol. The van der Waals surface area contributed by atoms with Gasteiger partial charge >= 0.3 is 0 Å². The van der Waals surface area contributed by atoms with Crippen molar-refractivity contribution in [3.05, 3.63) is 28.3 Å². The lowest BCUT2D eigenvalue weighted by atomic mass is 10.2. The maximum Gasteiger partial charge on any atom is 0.271 e. The van der Waals surface area contributed by atoms with Crippen molar-refractivity contribution in [2.75, 3.05) is 45.2 Å². The highest BCUT2D eigenvalue weighted by Gasteiger charge is 2.29. The molecule has 1 aliphatic rings. The molecule has 0 unspecified atom stereocenters. The Hall–Kier alpha value is -2.39. The molecule has 1 N–H and O–H groups in total. The van der Waals surface area contributed by atoms with Crippen LogP contribution in [0.2, 0.25) is 0 Å². The zero-order chi connectivity index (χ0) is 17.0. The van der Waals surface area contributed by atoms with E-state index in [2.05, 4.69) is 5.32 Å². The summed E-state index contributed by atoms with van der Waals surface area (Å²) in [6, 6.07) is 3.98. The number of benzene rings is 1. The van der Waals surface area contributed by atoms with Crippen molar-refractivity contribution >= 4 is 35.6 Å². The maximum absolute atomic E-state index is 12.2. The van der Waals surface area contributed by atoms with Crippen LogP contribution in [-0.4, -0.2) is 62.0 Å². The lowest BCUT2D eigenvalue weighted by Gasteiger charge is -2.30. The highest BCUT2D eigenvalue weighted by molar-refractivity contribution is 6.02. The molecular formula is C14H19ClN4O5. The SMILES string of the molecule is CNCCN(C)C(=O)CN1C(=O)COc2ccc([N+](=O)[O-])cc21.Cl. The smallest absolute Gasteiger partial charge is 0.271 e. The number of nitrogens with zero attached hydrogens (tertiary/aromatic N) is 3. The second-order valence-electron chi connectivity index (χ2n) is 5.10. The molecule has 0 aromatic heterocycles. The van der Waals surface area contributed by atoms with Crippen molar-refractivity contribution in [3.8, 4) is 5.75 Å². The second kappa shape index (κ2) is 8.46. The first-order valence-electron chi connectivity index (χ1n) is 7.04. The average Bonchev–Trinajstić information content (AvgIpc) is 2.54. The highest BCUT2D eigenvalue weighted by Crippen LogP contribution is 2.35. The third-order valence-corrected chi connectivity index (χ3v) is 3.51. The molecule has 1 heterocycles. The number of carbonyl (C=O) groups excluding carboxylic acids is 2. The Bertz CT molecular complexity index is 640. The molecule has 0 atom stereocenters. The van der Waals surface area contributed by atoms with Gasteiger partial charge in [0.1, 0.15) is 12.3 Å². The normalized spacial score (nSPS) is 12.8. The molecule has 1 aromatic rings. The van der Waals surface area contributed by atoms with Crippen LogP contribution >= 0.6 is 12.4 Å². The molecule has 0 saturated heterocycles. The van der Waals surface area contributed by atoms with Crippen LogP contribution in [0.3, 0.4) is 0 Å². The number of nitro groups is 1. The number of carbonyl (C=O) groups is 2. The number of hydrogen-bond acceptors (Lipinski definition) is 6. The number of anilines is 1. The number of halogens is 1. The van der Waals surface area contributed by atoms with E-state index in [0.717, 1.165) is 0 Å². The summed E-state index contributed by atoms with van der Waals surface area (Å²) in [5.41, 5.74) is 0.0776. The molecule has 0 saturated carbocycles. The number of fused-ring (bicyclic) bond motifs is 1. The highest BCUT2D eigenvalue weighted by atomic mass is 35.5. The van der Waals surface area contributed by atoms with E-state index in [1.54, 1.807) is 14.1 Å². The van der Waals surface area contributed by atoms with E-state index in [1.807, 2.05) is 0 Å². The summed E-state index contributed by atoms with van der Waals surface area (Å²) < 4.78 is 5.26. The number of ether oxygens (including phenoxy) is 1. The van der Waals surface area contributed by atoms with Gasteiger partial charge in [-0.05, 0) is 13.1 Å². The van der Waals surface area contributed by atoms with Crippen LogP contribution < -0.4 is 15.0 Å². The van der Waals surface area contributed by atoms with Crippen molar-refractivity contribution in [3.63, 3.8) is 0 Å². The molecule has 0 radical (unpaired) electrons. The third-order valence-electron chi connectivity index (χ3n) is 3.51. The van der Waals surface area contributed by atoms with Crippen LogP contribution in [0.1, 0.15) is 0 Å². The number of hydrogen-bond donors (Lipinski definition) is 1. The quantitative estimate of drug-likeness (QED) is 0.583. The number of rotatable bonds is 6. The summed E-state index contributed by atoms with van der Waals surface area (Å²) >= 11 is 0. The molecule has 24 heavy (non-hydrogen) atoms. The lowest BCUT2D eigenvalue weighted by molar-refractivity contribution is -0.384. The predicted molar refractivity (Wildman–Crippen MR) is 89.8 cm³/mol. The average molecular weight is 359 g/mol. The molecule has 1 aliphatic heterocycles. The van der Waals surface area contributed by atoms with Crippen molar-refractivity contribution in [2.24, 2.45) is 0 Å². The number of nitro benzene ring substituents is 1. The predicted octanol–water partition coefficient (Wildman–Crippen LogP) is 0.420. The minimum Gasteiger partial charge on any atom is -0.482 e. The number of nitrogens with one attached hydrogen (secondary N) is 1. The van der Waals surface area contributed by atoms with Crippen molar-refractivity contribution < 1.29 is 19.2 Å². The Labute approximate surface area is 145 Å². The van der Waals surface area contributed by atoms with Gasteiger partial charge in [-0.2, -0.15) is 0 Å². The minimum atomic E-state index is -0.557. The van der Waals surface area contributed by atoms with Crippen LogP contribution in [0.25, 0.3) is 0 Å². The zero-order valence-electron chi connectivity index (χ0n) is 13.4. The van der Waals surface area contributed by atoms with E-state index in [9.17, 15) is 19.7 Å². The Morgan fingerprint density at radius 1 is 1.50 bits per heavy atom. The summed E-state index contributed by atoms with van der Waals surface area (Å²) in [5.74, 6) is -0.317. The minimum absolute atomic E-state index is 0. The summed E-state index contributed by atoms with van der Waals surface area (Å²) in [7, 11) is 3.41. The van der Waals surface area contributed by atoms with Gasteiger partial charge in [0.2, 0.25) is 5.91 Å². The van der Waals surface area contributed by atoms with Crippen molar-refractivity contribution in [2.45, 2.75) is 0 Å². The fourth-order valence-electron chi connectivity index (χ4n) is 2.14. The number of amides is 2. The van der Waals surface area contributed by atoms with E-state index in [0.29, 0.717) is 18.8 Å². The number of non-ortho nitro benzene ring substituents is 1. The molecule has 132 valence electrons.